The van der Waals surface area contributed by atoms with Crippen molar-refractivity contribution in [3.8, 4) is 11.5 Å². The Balaban J connectivity index is 1.85. The number of methoxy groups -OCH3 is 2. The normalized spacial score (nSPS) is 11.4. The number of hydrogen-bond donors (Lipinski definition) is 3. The van der Waals surface area contributed by atoms with E-state index in [0.717, 1.165) is 16.5 Å². The van der Waals surface area contributed by atoms with Gasteiger partial charge in [0.1, 0.15) is 6.04 Å². The van der Waals surface area contributed by atoms with Gasteiger partial charge in [0, 0.05) is 13.0 Å². The minimum absolute atomic E-state index is 0.0182. The largest absolute Gasteiger partial charge is 0.494 e. The Kier molecular flexibility index (Phi) is 9.15. The number of carbonyl (C=O) groups is 2. The van der Waals surface area contributed by atoms with Gasteiger partial charge in [0.05, 0.1) is 20.6 Å². The number of benzene rings is 3. The van der Waals surface area contributed by atoms with Crippen LogP contribution in [0.2, 0.25) is 0 Å². The molecule has 0 saturated heterocycles. The smallest absolute Gasteiger partial charge is 0.243 e. The van der Waals surface area contributed by atoms with Crippen molar-refractivity contribution in [2.45, 2.75) is 25.4 Å². The molecular formula is C27H28F2N4O4. The number of nitrogens with two attached hydrogens (primary N) is 1. The summed E-state index contributed by atoms with van der Waals surface area (Å²) in [7, 11) is 2.66. The van der Waals surface area contributed by atoms with Gasteiger partial charge >= 0.3 is 0 Å². The highest BCUT2D eigenvalue weighted by atomic mass is 19.1. The van der Waals surface area contributed by atoms with Crippen LogP contribution in [-0.4, -0.2) is 42.9 Å². The number of carbonyl (C=O) groups excluding carboxylic acids is 2. The Morgan fingerprint density at radius 3 is 2.22 bits per heavy atom. The maximum absolute atomic E-state index is 14.2. The molecule has 0 unspecified atom stereocenters. The standard InChI is InChI=1S/C27H28F2N4O4/c1-36-23-11-9-18(12-21(23)29)15-25(34)33(27(30)31)22(13-17-6-4-3-5-7-17)26(35)32-16-19-8-10-20(28)24(14-19)37-2/h3-12,14,22H,13,15-16H2,1-2H3,(H3,30,31)(H,32,35)/t22-/m1/s1. The fourth-order valence-corrected chi connectivity index (χ4v) is 3.82. The first-order valence-corrected chi connectivity index (χ1v) is 11.4. The van der Waals surface area contributed by atoms with Crippen LogP contribution in [0, 0.1) is 17.0 Å². The maximum Gasteiger partial charge on any atom is 0.243 e. The third-order valence-electron chi connectivity index (χ3n) is 5.67. The van der Waals surface area contributed by atoms with Gasteiger partial charge in [0.25, 0.3) is 0 Å². The summed E-state index contributed by atoms with van der Waals surface area (Å²) < 4.78 is 37.8. The fraction of sp³-hybridized carbons (Fsp3) is 0.222. The van der Waals surface area contributed by atoms with Crippen LogP contribution in [0.15, 0.2) is 66.7 Å². The average Bonchev–Trinajstić information content (AvgIpc) is 2.88. The molecule has 0 spiro atoms. The molecule has 8 nitrogen and oxygen atoms in total. The first-order valence-electron chi connectivity index (χ1n) is 11.4. The lowest BCUT2D eigenvalue weighted by atomic mass is 10.0. The van der Waals surface area contributed by atoms with E-state index in [1.807, 2.05) is 6.07 Å². The summed E-state index contributed by atoms with van der Waals surface area (Å²) in [6, 6.07) is 16.0. The molecule has 10 heteroatoms. The zero-order valence-electron chi connectivity index (χ0n) is 20.5. The zero-order chi connectivity index (χ0) is 26.9. The van der Waals surface area contributed by atoms with Crippen LogP contribution >= 0.6 is 0 Å². The predicted molar refractivity (Wildman–Crippen MR) is 134 cm³/mol. The van der Waals surface area contributed by atoms with Gasteiger partial charge in [0.15, 0.2) is 29.1 Å². The van der Waals surface area contributed by atoms with Crippen molar-refractivity contribution < 1.29 is 27.8 Å². The van der Waals surface area contributed by atoms with Gasteiger partial charge in [-0.15, -0.1) is 0 Å². The fourth-order valence-electron chi connectivity index (χ4n) is 3.82. The van der Waals surface area contributed by atoms with E-state index < -0.39 is 35.5 Å². The molecular weight excluding hydrogens is 482 g/mol. The summed E-state index contributed by atoms with van der Waals surface area (Å²) in [6.45, 7) is 0.0182. The molecule has 0 bridgehead atoms. The van der Waals surface area contributed by atoms with Crippen LogP contribution in [0.4, 0.5) is 8.78 Å². The Morgan fingerprint density at radius 1 is 0.919 bits per heavy atom. The molecule has 37 heavy (non-hydrogen) atoms. The lowest BCUT2D eigenvalue weighted by Crippen LogP contribution is -2.55. The summed E-state index contributed by atoms with van der Waals surface area (Å²) in [5, 5.41) is 10.8. The molecule has 0 aliphatic carbocycles. The van der Waals surface area contributed by atoms with E-state index in [1.54, 1.807) is 24.3 Å². The number of halogens is 2. The second kappa shape index (κ2) is 12.5. The third kappa shape index (κ3) is 7.03. The van der Waals surface area contributed by atoms with Gasteiger partial charge in [-0.05, 0) is 41.0 Å². The van der Waals surface area contributed by atoms with Gasteiger partial charge in [-0.1, -0.05) is 42.5 Å². The topological polar surface area (TPSA) is 118 Å². The Morgan fingerprint density at radius 2 is 1.59 bits per heavy atom. The van der Waals surface area contributed by atoms with Gasteiger partial charge < -0.3 is 20.5 Å². The van der Waals surface area contributed by atoms with E-state index in [1.165, 1.54) is 44.6 Å². The lowest BCUT2D eigenvalue weighted by molar-refractivity contribution is -0.135. The van der Waals surface area contributed by atoms with Gasteiger partial charge in [-0.3, -0.25) is 19.9 Å². The van der Waals surface area contributed by atoms with E-state index in [-0.39, 0.29) is 30.9 Å². The minimum Gasteiger partial charge on any atom is -0.494 e. The summed E-state index contributed by atoms with van der Waals surface area (Å²) in [6.07, 6.45) is -0.226. The lowest BCUT2D eigenvalue weighted by Gasteiger charge is -2.30. The molecule has 3 rings (SSSR count). The maximum atomic E-state index is 14.2. The summed E-state index contributed by atoms with van der Waals surface area (Å²) in [5.41, 5.74) is 7.41. The van der Waals surface area contributed by atoms with Crippen molar-refractivity contribution in [2.24, 2.45) is 5.73 Å². The van der Waals surface area contributed by atoms with Crippen LogP contribution in [0.3, 0.4) is 0 Å². The Hall–Kier alpha value is -4.47. The second-order valence-corrected chi connectivity index (χ2v) is 8.19. The highest BCUT2D eigenvalue weighted by molar-refractivity contribution is 6.00. The molecule has 4 N–H and O–H groups in total. The molecule has 0 saturated carbocycles. The number of ether oxygens (including phenoxy) is 2. The van der Waals surface area contributed by atoms with E-state index >= 15 is 0 Å². The average molecular weight is 511 g/mol. The number of rotatable bonds is 10. The molecule has 1 atom stereocenters. The molecule has 0 heterocycles. The molecule has 194 valence electrons. The van der Waals surface area contributed by atoms with Crippen LogP contribution in [-0.2, 0) is 29.0 Å². The Bertz CT molecular complexity index is 1270. The van der Waals surface area contributed by atoms with Crippen LogP contribution in [0.25, 0.3) is 0 Å². The monoisotopic (exact) mass is 510 g/mol. The van der Waals surface area contributed by atoms with Crippen LogP contribution < -0.4 is 20.5 Å². The van der Waals surface area contributed by atoms with E-state index in [0.29, 0.717) is 11.1 Å². The summed E-state index contributed by atoms with van der Waals surface area (Å²) in [5.74, 6) is -2.98. The van der Waals surface area contributed by atoms with Gasteiger partial charge in [-0.25, -0.2) is 8.78 Å². The number of guanidine groups is 1. The van der Waals surface area contributed by atoms with E-state index in [9.17, 15) is 18.4 Å². The highest BCUT2D eigenvalue weighted by Crippen LogP contribution is 2.20. The van der Waals surface area contributed by atoms with Crippen molar-refractivity contribution in [1.29, 1.82) is 5.41 Å². The second-order valence-electron chi connectivity index (χ2n) is 8.19. The summed E-state index contributed by atoms with van der Waals surface area (Å²) >= 11 is 0. The molecule has 0 aliphatic rings. The number of amides is 2. The SMILES string of the molecule is COc1ccc(CC(=O)N(C(=N)N)[C@H](Cc2ccccc2)C(=O)NCc2ccc(F)c(OC)c2)cc1F. The van der Waals surface area contributed by atoms with E-state index in [4.69, 9.17) is 20.6 Å². The van der Waals surface area contributed by atoms with Gasteiger partial charge in [-0.2, -0.15) is 0 Å². The molecule has 2 amide bonds. The van der Waals surface area contributed by atoms with Crippen molar-refractivity contribution in [3.05, 3.63) is 95.1 Å². The molecule has 0 fully saturated rings. The first kappa shape index (κ1) is 27.1. The zero-order valence-corrected chi connectivity index (χ0v) is 20.5. The number of nitrogens with zero attached hydrogens (tertiary/aromatic N) is 1. The molecule has 3 aromatic carbocycles. The van der Waals surface area contributed by atoms with E-state index in [2.05, 4.69) is 5.32 Å². The highest BCUT2D eigenvalue weighted by Gasteiger charge is 2.32. The minimum atomic E-state index is -1.17. The molecule has 0 radical (unpaired) electrons. The molecule has 0 aliphatic heterocycles. The molecule has 0 aromatic heterocycles. The van der Waals surface area contributed by atoms with Crippen molar-refractivity contribution >= 4 is 17.8 Å². The number of hydrogen-bond acceptors (Lipinski definition) is 5. The van der Waals surface area contributed by atoms with Crippen molar-refractivity contribution in [1.82, 2.24) is 10.2 Å². The van der Waals surface area contributed by atoms with Crippen molar-refractivity contribution in [2.75, 3.05) is 14.2 Å². The quantitative estimate of drug-likeness (QED) is 0.286. The van der Waals surface area contributed by atoms with Crippen LogP contribution in [0.1, 0.15) is 16.7 Å². The predicted octanol–water partition coefficient (Wildman–Crippen LogP) is 3.17. The van der Waals surface area contributed by atoms with Gasteiger partial charge in [0.2, 0.25) is 11.8 Å². The first-order chi connectivity index (χ1) is 17.7. The molecule has 3 aromatic rings. The summed E-state index contributed by atoms with van der Waals surface area (Å²) in [4.78, 5) is 27.5. The Labute approximate surface area is 213 Å². The van der Waals surface area contributed by atoms with Crippen molar-refractivity contribution in [3.63, 3.8) is 0 Å². The van der Waals surface area contributed by atoms with Crippen LogP contribution in [0.5, 0.6) is 11.5 Å². The third-order valence-corrected chi connectivity index (χ3v) is 5.67. The number of nitrogens with one attached hydrogen (secondary N) is 2.